The van der Waals surface area contributed by atoms with Gasteiger partial charge < -0.3 is 4.74 Å². The molecule has 0 radical (unpaired) electrons. The molecule has 1 atom stereocenters. The van der Waals surface area contributed by atoms with Gasteiger partial charge in [-0.2, -0.15) is 0 Å². The highest BCUT2D eigenvalue weighted by molar-refractivity contribution is 9.10. The molecule has 0 aromatic heterocycles. The predicted octanol–water partition coefficient (Wildman–Crippen LogP) is 5.62. The van der Waals surface area contributed by atoms with Crippen LogP contribution in [0.25, 0.3) is 0 Å². The second kappa shape index (κ2) is 14.4. The first-order valence-corrected chi connectivity index (χ1v) is 8.94. The fraction of sp³-hybridized carbons (Fsp3) is 0.938. The zero-order valence-corrected chi connectivity index (χ0v) is 14.3. The largest absolute Gasteiger partial charge is 0.465 e. The maximum atomic E-state index is 11.6. The fourth-order valence-corrected chi connectivity index (χ4v) is 2.46. The van der Waals surface area contributed by atoms with E-state index in [1.54, 1.807) is 0 Å². The third-order valence-corrected chi connectivity index (χ3v) is 4.14. The summed E-state index contributed by atoms with van der Waals surface area (Å²) in [7, 11) is 0. The van der Waals surface area contributed by atoms with Crippen molar-refractivity contribution in [1.29, 1.82) is 0 Å². The van der Waals surface area contributed by atoms with Gasteiger partial charge in [0.15, 0.2) is 0 Å². The molecule has 0 aliphatic heterocycles. The third-order valence-electron chi connectivity index (χ3n) is 3.31. The van der Waals surface area contributed by atoms with Gasteiger partial charge in [-0.3, -0.25) is 4.79 Å². The van der Waals surface area contributed by atoms with Gasteiger partial charge in [0, 0.05) is 0 Å². The Hall–Kier alpha value is -0.0500. The SMILES string of the molecule is CCCCCCCCCCOC(=O)C(Br)CCCC. The monoisotopic (exact) mass is 334 g/mol. The van der Waals surface area contributed by atoms with Crippen LogP contribution >= 0.6 is 15.9 Å². The van der Waals surface area contributed by atoms with E-state index in [-0.39, 0.29) is 10.8 Å². The molecule has 0 aliphatic rings. The highest BCUT2D eigenvalue weighted by atomic mass is 79.9. The summed E-state index contributed by atoms with van der Waals surface area (Å²) >= 11 is 3.39. The van der Waals surface area contributed by atoms with Crippen LogP contribution in [-0.4, -0.2) is 17.4 Å². The maximum Gasteiger partial charge on any atom is 0.319 e. The smallest absolute Gasteiger partial charge is 0.319 e. The van der Waals surface area contributed by atoms with Crippen LogP contribution in [0.1, 0.15) is 84.5 Å². The van der Waals surface area contributed by atoms with Gasteiger partial charge in [0.05, 0.1) is 6.61 Å². The highest BCUT2D eigenvalue weighted by Gasteiger charge is 2.14. The quantitative estimate of drug-likeness (QED) is 0.248. The molecule has 0 amide bonds. The van der Waals surface area contributed by atoms with E-state index in [2.05, 4.69) is 29.8 Å². The second-order valence-electron chi connectivity index (χ2n) is 5.25. The van der Waals surface area contributed by atoms with Gasteiger partial charge in [0.2, 0.25) is 0 Å². The van der Waals surface area contributed by atoms with E-state index in [4.69, 9.17) is 4.74 Å². The first-order valence-electron chi connectivity index (χ1n) is 8.03. The zero-order chi connectivity index (χ0) is 14.3. The Balaban J connectivity index is 3.27. The van der Waals surface area contributed by atoms with E-state index in [0.29, 0.717) is 6.61 Å². The van der Waals surface area contributed by atoms with Crippen LogP contribution < -0.4 is 0 Å². The summed E-state index contributed by atoms with van der Waals surface area (Å²) in [5.74, 6) is -0.0867. The van der Waals surface area contributed by atoms with Crippen LogP contribution in [0, 0.1) is 0 Å². The van der Waals surface area contributed by atoms with Crippen LogP contribution in [0.4, 0.5) is 0 Å². The van der Waals surface area contributed by atoms with Crippen molar-refractivity contribution in [2.75, 3.05) is 6.61 Å². The van der Waals surface area contributed by atoms with Crippen LogP contribution in [-0.2, 0) is 9.53 Å². The number of rotatable bonds is 13. The van der Waals surface area contributed by atoms with Gasteiger partial charge in [-0.25, -0.2) is 0 Å². The van der Waals surface area contributed by atoms with Gasteiger partial charge in [-0.15, -0.1) is 0 Å². The molecule has 0 aromatic rings. The number of hydrogen-bond acceptors (Lipinski definition) is 2. The van der Waals surface area contributed by atoms with E-state index < -0.39 is 0 Å². The Kier molecular flexibility index (Phi) is 14.3. The molecule has 3 heteroatoms. The fourth-order valence-electron chi connectivity index (χ4n) is 2.00. The van der Waals surface area contributed by atoms with Crippen molar-refractivity contribution in [1.82, 2.24) is 0 Å². The zero-order valence-electron chi connectivity index (χ0n) is 12.8. The molecular formula is C16H31BrO2. The van der Waals surface area contributed by atoms with E-state index in [9.17, 15) is 4.79 Å². The molecule has 0 bridgehead atoms. The van der Waals surface area contributed by atoms with Crippen molar-refractivity contribution < 1.29 is 9.53 Å². The third kappa shape index (κ3) is 12.7. The molecule has 19 heavy (non-hydrogen) atoms. The molecule has 0 heterocycles. The summed E-state index contributed by atoms with van der Waals surface area (Å²) < 4.78 is 5.26. The molecule has 1 unspecified atom stereocenters. The summed E-state index contributed by atoms with van der Waals surface area (Å²) in [6.07, 6.45) is 13.3. The molecule has 0 aromatic carbocycles. The molecule has 114 valence electrons. The number of carbonyl (C=O) groups excluding carboxylic acids is 1. The Bertz CT molecular complexity index is 207. The first kappa shape index (κ1) is 18.9. The number of halogens is 1. The molecule has 2 nitrogen and oxygen atoms in total. The van der Waals surface area contributed by atoms with Gasteiger partial charge in [0.25, 0.3) is 0 Å². The summed E-state index contributed by atoms with van der Waals surface area (Å²) in [4.78, 5) is 11.5. The van der Waals surface area contributed by atoms with Crippen LogP contribution in [0.2, 0.25) is 0 Å². The molecule has 0 aliphatic carbocycles. The second-order valence-corrected chi connectivity index (χ2v) is 6.36. The lowest BCUT2D eigenvalue weighted by Crippen LogP contribution is -2.17. The molecular weight excluding hydrogens is 304 g/mol. The molecule has 0 rings (SSSR count). The van der Waals surface area contributed by atoms with E-state index in [1.165, 1.54) is 44.9 Å². The Morgan fingerprint density at radius 2 is 1.42 bits per heavy atom. The average Bonchev–Trinajstić information content (AvgIpc) is 2.42. The molecule has 0 saturated heterocycles. The molecule has 0 N–H and O–H groups in total. The molecule has 0 saturated carbocycles. The van der Waals surface area contributed by atoms with E-state index in [1.807, 2.05) is 0 Å². The first-order chi connectivity index (χ1) is 9.22. The van der Waals surface area contributed by atoms with E-state index >= 15 is 0 Å². The Morgan fingerprint density at radius 3 is 2.00 bits per heavy atom. The lowest BCUT2D eigenvalue weighted by Gasteiger charge is -2.09. The number of alkyl halides is 1. The summed E-state index contributed by atoms with van der Waals surface area (Å²) in [5.41, 5.74) is 0. The molecule has 0 spiro atoms. The Labute approximate surface area is 127 Å². The van der Waals surface area contributed by atoms with Crippen LogP contribution in [0.15, 0.2) is 0 Å². The summed E-state index contributed by atoms with van der Waals surface area (Å²) in [6, 6.07) is 0. The van der Waals surface area contributed by atoms with Gasteiger partial charge in [-0.1, -0.05) is 87.6 Å². The average molecular weight is 335 g/mol. The standard InChI is InChI=1S/C16H31BrO2/c1-3-5-7-8-9-10-11-12-14-19-16(18)15(17)13-6-4-2/h15H,3-14H2,1-2H3. The minimum atomic E-state index is -0.110. The van der Waals surface area contributed by atoms with Gasteiger partial charge in [-0.05, 0) is 12.8 Å². The summed E-state index contributed by atoms with van der Waals surface area (Å²) in [6.45, 7) is 4.96. The van der Waals surface area contributed by atoms with Crippen molar-refractivity contribution in [2.24, 2.45) is 0 Å². The van der Waals surface area contributed by atoms with Crippen molar-refractivity contribution in [3.63, 3.8) is 0 Å². The summed E-state index contributed by atoms with van der Waals surface area (Å²) in [5, 5.41) is 0. The highest BCUT2D eigenvalue weighted by Crippen LogP contribution is 2.12. The van der Waals surface area contributed by atoms with Crippen LogP contribution in [0.5, 0.6) is 0 Å². The minimum Gasteiger partial charge on any atom is -0.465 e. The van der Waals surface area contributed by atoms with Crippen molar-refractivity contribution in [3.05, 3.63) is 0 Å². The Morgan fingerprint density at radius 1 is 0.895 bits per heavy atom. The van der Waals surface area contributed by atoms with Gasteiger partial charge in [0.1, 0.15) is 4.83 Å². The number of carbonyl (C=O) groups is 1. The van der Waals surface area contributed by atoms with Crippen molar-refractivity contribution in [3.8, 4) is 0 Å². The van der Waals surface area contributed by atoms with E-state index in [0.717, 1.165) is 25.7 Å². The lowest BCUT2D eigenvalue weighted by molar-refractivity contribution is -0.143. The topological polar surface area (TPSA) is 26.3 Å². The lowest BCUT2D eigenvalue weighted by atomic mass is 10.1. The molecule has 0 fully saturated rings. The normalized spacial score (nSPS) is 12.4. The van der Waals surface area contributed by atoms with Crippen molar-refractivity contribution in [2.45, 2.75) is 89.3 Å². The maximum absolute atomic E-state index is 11.6. The van der Waals surface area contributed by atoms with Gasteiger partial charge >= 0.3 is 5.97 Å². The number of esters is 1. The van der Waals surface area contributed by atoms with Crippen molar-refractivity contribution >= 4 is 21.9 Å². The van der Waals surface area contributed by atoms with Crippen LogP contribution in [0.3, 0.4) is 0 Å². The predicted molar refractivity (Wildman–Crippen MR) is 85.8 cm³/mol. The minimum absolute atomic E-state index is 0.0867. The number of hydrogen-bond donors (Lipinski definition) is 0. The number of ether oxygens (including phenoxy) is 1. The number of unbranched alkanes of at least 4 members (excludes halogenated alkanes) is 8.